The molecule has 0 saturated carbocycles. The minimum atomic E-state index is -0.928. The molecule has 0 bridgehead atoms. The standard InChI is InChI=1S/C18H31NO2/c1-2-3-4-5-6-7-9-15-11-12-16(10-8-13-20)17(14-15)18(19)21/h11-12,14,18,20-21H,2-10,13,19H2,1H3. The van der Waals surface area contributed by atoms with Crippen LogP contribution in [0, 0.1) is 0 Å². The average molecular weight is 293 g/mol. The first-order valence-electron chi connectivity index (χ1n) is 8.35. The zero-order valence-electron chi connectivity index (χ0n) is 13.4. The van der Waals surface area contributed by atoms with E-state index >= 15 is 0 Å². The van der Waals surface area contributed by atoms with Crippen LogP contribution in [0.5, 0.6) is 0 Å². The third kappa shape index (κ3) is 7.07. The summed E-state index contributed by atoms with van der Waals surface area (Å²) in [6, 6.07) is 6.21. The number of unbranched alkanes of at least 4 members (excludes halogenated alkanes) is 5. The number of aryl methyl sites for hydroxylation is 2. The monoisotopic (exact) mass is 293 g/mol. The van der Waals surface area contributed by atoms with Crippen LogP contribution >= 0.6 is 0 Å². The quantitative estimate of drug-likeness (QED) is 0.432. The molecule has 3 heteroatoms. The van der Waals surface area contributed by atoms with Crippen LogP contribution in [-0.2, 0) is 12.8 Å². The third-order valence-electron chi connectivity index (χ3n) is 3.95. The number of aliphatic hydroxyl groups is 2. The van der Waals surface area contributed by atoms with Crippen LogP contribution < -0.4 is 5.73 Å². The van der Waals surface area contributed by atoms with Crippen molar-refractivity contribution in [3.8, 4) is 0 Å². The van der Waals surface area contributed by atoms with E-state index < -0.39 is 6.23 Å². The van der Waals surface area contributed by atoms with Crippen LogP contribution in [0.3, 0.4) is 0 Å². The first kappa shape index (κ1) is 18.1. The van der Waals surface area contributed by atoms with Crippen LogP contribution in [0.4, 0.5) is 0 Å². The summed E-state index contributed by atoms with van der Waals surface area (Å²) < 4.78 is 0. The molecule has 3 nitrogen and oxygen atoms in total. The topological polar surface area (TPSA) is 66.5 Å². The van der Waals surface area contributed by atoms with Gasteiger partial charge in [0.2, 0.25) is 0 Å². The zero-order chi connectivity index (χ0) is 15.5. The molecule has 120 valence electrons. The Bertz CT molecular complexity index is 391. The molecule has 1 unspecified atom stereocenters. The molecule has 0 aliphatic carbocycles. The van der Waals surface area contributed by atoms with Crippen molar-refractivity contribution in [2.45, 2.75) is 70.9 Å². The van der Waals surface area contributed by atoms with Crippen LogP contribution in [0.2, 0.25) is 0 Å². The number of benzene rings is 1. The van der Waals surface area contributed by atoms with E-state index in [0.717, 1.165) is 24.0 Å². The van der Waals surface area contributed by atoms with Crippen LogP contribution in [0.15, 0.2) is 18.2 Å². The van der Waals surface area contributed by atoms with E-state index in [-0.39, 0.29) is 6.61 Å². The molecule has 0 spiro atoms. The predicted molar refractivity (Wildman–Crippen MR) is 88.1 cm³/mol. The predicted octanol–water partition coefficient (Wildman–Crippen LogP) is 3.46. The highest BCUT2D eigenvalue weighted by molar-refractivity contribution is 5.33. The van der Waals surface area contributed by atoms with Gasteiger partial charge in [-0.15, -0.1) is 0 Å². The van der Waals surface area contributed by atoms with Gasteiger partial charge in [0.15, 0.2) is 0 Å². The lowest BCUT2D eigenvalue weighted by Crippen LogP contribution is -2.12. The van der Waals surface area contributed by atoms with Gasteiger partial charge in [-0.2, -0.15) is 0 Å². The summed E-state index contributed by atoms with van der Waals surface area (Å²) in [6.07, 6.45) is 9.32. The number of hydrogen-bond acceptors (Lipinski definition) is 3. The molecule has 0 amide bonds. The average Bonchev–Trinajstić information content (AvgIpc) is 2.49. The number of aliphatic hydroxyl groups excluding tert-OH is 2. The summed E-state index contributed by atoms with van der Waals surface area (Å²) in [5.41, 5.74) is 8.76. The van der Waals surface area contributed by atoms with Crippen molar-refractivity contribution in [2.24, 2.45) is 5.73 Å². The first-order chi connectivity index (χ1) is 10.2. The zero-order valence-corrected chi connectivity index (χ0v) is 13.4. The molecule has 0 aliphatic rings. The van der Waals surface area contributed by atoms with E-state index in [1.54, 1.807) is 0 Å². The highest BCUT2D eigenvalue weighted by Crippen LogP contribution is 2.20. The lowest BCUT2D eigenvalue weighted by Gasteiger charge is -2.14. The van der Waals surface area contributed by atoms with Crippen molar-refractivity contribution < 1.29 is 10.2 Å². The summed E-state index contributed by atoms with van der Waals surface area (Å²) in [6.45, 7) is 2.40. The molecule has 4 N–H and O–H groups in total. The minimum Gasteiger partial charge on any atom is -0.396 e. The second-order valence-electron chi connectivity index (χ2n) is 5.82. The Labute approximate surface area is 129 Å². The van der Waals surface area contributed by atoms with Crippen molar-refractivity contribution in [1.29, 1.82) is 0 Å². The molecule has 1 aromatic rings. The van der Waals surface area contributed by atoms with Crippen molar-refractivity contribution in [2.75, 3.05) is 6.61 Å². The third-order valence-corrected chi connectivity index (χ3v) is 3.95. The van der Waals surface area contributed by atoms with Crippen LogP contribution in [0.25, 0.3) is 0 Å². The molecule has 1 atom stereocenters. The Morgan fingerprint density at radius 3 is 2.38 bits per heavy atom. The molecule has 0 aliphatic heterocycles. The maximum Gasteiger partial charge on any atom is 0.128 e. The SMILES string of the molecule is CCCCCCCCc1ccc(CCCO)c(C(N)O)c1. The Morgan fingerprint density at radius 1 is 1.00 bits per heavy atom. The van der Waals surface area contributed by atoms with Gasteiger partial charge in [-0.05, 0) is 42.4 Å². The normalized spacial score (nSPS) is 12.6. The summed E-state index contributed by atoms with van der Waals surface area (Å²) >= 11 is 0. The van der Waals surface area contributed by atoms with Gasteiger partial charge in [0.05, 0.1) is 0 Å². The first-order valence-corrected chi connectivity index (χ1v) is 8.35. The van der Waals surface area contributed by atoms with Crippen LogP contribution in [-0.4, -0.2) is 16.8 Å². The Kier molecular flexibility index (Phi) is 9.31. The molecule has 0 aromatic heterocycles. The van der Waals surface area contributed by atoms with Crippen molar-refractivity contribution in [1.82, 2.24) is 0 Å². The molecular weight excluding hydrogens is 262 g/mol. The molecule has 0 fully saturated rings. The van der Waals surface area contributed by atoms with Gasteiger partial charge in [0.1, 0.15) is 6.23 Å². The van der Waals surface area contributed by atoms with Gasteiger partial charge in [-0.25, -0.2) is 0 Å². The maximum atomic E-state index is 9.71. The Hall–Kier alpha value is -0.900. The van der Waals surface area contributed by atoms with E-state index in [1.165, 1.54) is 44.1 Å². The fourth-order valence-electron chi connectivity index (χ4n) is 2.68. The highest BCUT2D eigenvalue weighted by atomic mass is 16.3. The smallest absolute Gasteiger partial charge is 0.128 e. The summed E-state index contributed by atoms with van der Waals surface area (Å²) in [4.78, 5) is 0. The number of nitrogens with two attached hydrogens (primary N) is 1. The van der Waals surface area contributed by atoms with E-state index in [4.69, 9.17) is 10.8 Å². The maximum absolute atomic E-state index is 9.71. The van der Waals surface area contributed by atoms with Gasteiger partial charge in [-0.1, -0.05) is 57.2 Å². The second kappa shape index (κ2) is 10.8. The van der Waals surface area contributed by atoms with Gasteiger partial charge in [0.25, 0.3) is 0 Å². The molecule has 0 radical (unpaired) electrons. The highest BCUT2D eigenvalue weighted by Gasteiger charge is 2.09. The number of hydrogen-bond donors (Lipinski definition) is 3. The van der Waals surface area contributed by atoms with Gasteiger partial charge in [-0.3, -0.25) is 0 Å². The molecule has 0 heterocycles. The summed E-state index contributed by atoms with van der Waals surface area (Å²) in [7, 11) is 0. The molecular formula is C18H31NO2. The Balaban J connectivity index is 2.49. The summed E-state index contributed by atoms with van der Waals surface area (Å²) in [5.74, 6) is 0. The van der Waals surface area contributed by atoms with Crippen molar-refractivity contribution >= 4 is 0 Å². The van der Waals surface area contributed by atoms with E-state index in [9.17, 15) is 5.11 Å². The van der Waals surface area contributed by atoms with Crippen molar-refractivity contribution in [3.63, 3.8) is 0 Å². The minimum absolute atomic E-state index is 0.166. The van der Waals surface area contributed by atoms with Crippen molar-refractivity contribution in [3.05, 3.63) is 34.9 Å². The van der Waals surface area contributed by atoms with Gasteiger partial charge in [0, 0.05) is 6.61 Å². The van der Waals surface area contributed by atoms with Gasteiger partial charge < -0.3 is 15.9 Å². The lowest BCUT2D eigenvalue weighted by molar-refractivity contribution is 0.184. The summed E-state index contributed by atoms with van der Waals surface area (Å²) in [5, 5.41) is 18.6. The second-order valence-corrected chi connectivity index (χ2v) is 5.82. The van der Waals surface area contributed by atoms with Crippen LogP contribution in [0.1, 0.15) is 74.8 Å². The van der Waals surface area contributed by atoms with Gasteiger partial charge >= 0.3 is 0 Å². The molecule has 21 heavy (non-hydrogen) atoms. The molecule has 1 aromatic carbocycles. The fraction of sp³-hybridized carbons (Fsp3) is 0.667. The van der Waals surface area contributed by atoms with E-state index in [0.29, 0.717) is 6.42 Å². The van der Waals surface area contributed by atoms with E-state index in [1.807, 2.05) is 12.1 Å². The Morgan fingerprint density at radius 2 is 1.71 bits per heavy atom. The molecule has 1 rings (SSSR count). The van der Waals surface area contributed by atoms with E-state index in [2.05, 4.69) is 13.0 Å². The number of rotatable bonds is 11. The fourth-order valence-corrected chi connectivity index (χ4v) is 2.68. The molecule has 0 saturated heterocycles. The lowest BCUT2D eigenvalue weighted by atomic mass is 9.96. The largest absolute Gasteiger partial charge is 0.396 e.